The number of rotatable bonds is 8. The molecule has 1 aliphatic heterocycles. The zero-order valence-electron chi connectivity index (χ0n) is 14.0. The van der Waals surface area contributed by atoms with Gasteiger partial charge in [-0.2, -0.15) is 0 Å². The van der Waals surface area contributed by atoms with E-state index in [0.717, 1.165) is 58.1 Å². The van der Waals surface area contributed by atoms with Gasteiger partial charge in [-0.3, -0.25) is 4.99 Å². The number of nitrogens with one attached hydrogen (secondary N) is 2. The molecule has 0 bridgehead atoms. The van der Waals surface area contributed by atoms with Gasteiger partial charge in [0.2, 0.25) is 0 Å². The van der Waals surface area contributed by atoms with Gasteiger partial charge in [0.25, 0.3) is 0 Å². The lowest BCUT2D eigenvalue weighted by molar-refractivity contribution is 0.0420. The highest BCUT2D eigenvalue weighted by Gasteiger charge is 2.15. The number of aliphatic imine (C=N–C) groups is 1. The zero-order valence-corrected chi connectivity index (χ0v) is 17.1. The number of ether oxygens (including phenoxy) is 2. The van der Waals surface area contributed by atoms with E-state index >= 15 is 0 Å². The SMILES string of the molecule is CCc1ccc(CNC(=NC)NCCCOC2CCOC2)s1.I. The summed E-state index contributed by atoms with van der Waals surface area (Å²) >= 11 is 1.85. The molecule has 0 spiro atoms. The number of guanidine groups is 1. The van der Waals surface area contributed by atoms with Gasteiger partial charge in [0, 0.05) is 36.6 Å². The first kappa shape index (κ1) is 20.7. The van der Waals surface area contributed by atoms with Crippen molar-refractivity contribution in [1.82, 2.24) is 10.6 Å². The van der Waals surface area contributed by atoms with E-state index in [4.69, 9.17) is 9.47 Å². The van der Waals surface area contributed by atoms with Crippen molar-refractivity contribution >= 4 is 41.3 Å². The van der Waals surface area contributed by atoms with E-state index in [-0.39, 0.29) is 24.0 Å². The second kappa shape index (κ2) is 12.0. The van der Waals surface area contributed by atoms with Crippen LogP contribution in [0.5, 0.6) is 0 Å². The van der Waals surface area contributed by atoms with Crippen LogP contribution in [0.1, 0.15) is 29.5 Å². The molecule has 0 aromatic carbocycles. The molecule has 0 amide bonds. The van der Waals surface area contributed by atoms with Gasteiger partial charge < -0.3 is 20.1 Å². The summed E-state index contributed by atoms with van der Waals surface area (Å²) in [7, 11) is 1.80. The number of aryl methyl sites for hydroxylation is 1. The molecule has 2 heterocycles. The molecule has 0 aliphatic carbocycles. The van der Waals surface area contributed by atoms with Crippen LogP contribution >= 0.6 is 35.3 Å². The summed E-state index contributed by atoms with van der Waals surface area (Å²) < 4.78 is 11.0. The molecule has 1 saturated heterocycles. The van der Waals surface area contributed by atoms with Crippen molar-refractivity contribution in [1.29, 1.82) is 0 Å². The quantitative estimate of drug-likeness (QED) is 0.275. The summed E-state index contributed by atoms with van der Waals surface area (Å²) in [6, 6.07) is 4.38. The highest BCUT2D eigenvalue weighted by Crippen LogP contribution is 2.16. The fraction of sp³-hybridized carbons (Fsp3) is 0.688. The molecule has 1 aliphatic rings. The highest BCUT2D eigenvalue weighted by atomic mass is 127. The first-order chi connectivity index (χ1) is 10.8. The number of halogens is 1. The Bertz CT molecular complexity index is 462. The van der Waals surface area contributed by atoms with Crippen molar-refractivity contribution in [3.63, 3.8) is 0 Å². The van der Waals surface area contributed by atoms with Gasteiger partial charge in [-0.1, -0.05) is 6.92 Å². The molecule has 1 fully saturated rings. The Morgan fingerprint density at radius 1 is 1.39 bits per heavy atom. The average molecular weight is 453 g/mol. The normalized spacial score (nSPS) is 17.8. The predicted molar refractivity (Wildman–Crippen MR) is 107 cm³/mol. The molecule has 132 valence electrons. The maximum absolute atomic E-state index is 5.74. The van der Waals surface area contributed by atoms with Gasteiger partial charge in [-0.25, -0.2) is 0 Å². The van der Waals surface area contributed by atoms with Crippen molar-refractivity contribution in [2.45, 2.75) is 38.8 Å². The predicted octanol–water partition coefficient (Wildman–Crippen LogP) is 2.79. The Morgan fingerprint density at radius 3 is 2.87 bits per heavy atom. The second-order valence-corrected chi connectivity index (χ2v) is 6.54. The van der Waals surface area contributed by atoms with Crippen LogP contribution in [0.2, 0.25) is 0 Å². The lowest BCUT2D eigenvalue weighted by Crippen LogP contribution is -2.37. The molecular formula is C16H28IN3O2S. The van der Waals surface area contributed by atoms with Gasteiger partial charge in [-0.15, -0.1) is 35.3 Å². The molecule has 2 rings (SSSR count). The molecule has 1 atom stereocenters. The largest absolute Gasteiger partial charge is 0.379 e. The van der Waals surface area contributed by atoms with Crippen molar-refractivity contribution in [2.24, 2.45) is 4.99 Å². The van der Waals surface area contributed by atoms with Crippen LogP contribution in [-0.2, 0) is 22.4 Å². The summed E-state index contributed by atoms with van der Waals surface area (Å²) in [5.74, 6) is 0.843. The highest BCUT2D eigenvalue weighted by molar-refractivity contribution is 14.0. The number of hydrogen-bond acceptors (Lipinski definition) is 4. The average Bonchev–Trinajstić information content (AvgIpc) is 3.21. The molecule has 1 aromatic rings. The Morgan fingerprint density at radius 2 is 2.22 bits per heavy atom. The number of hydrogen-bond donors (Lipinski definition) is 2. The lowest BCUT2D eigenvalue weighted by Gasteiger charge is -2.12. The van der Waals surface area contributed by atoms with Crippen LogP contribution in [-0.4, -0.2) is 45.5 Å². The van der Waals surface area contributed by atoms with Gasteiger partial charge in [0.15, 0.2) is 5.96 Å². The molecule has 5 nitrogen and oxygen atoms in total. The van der Waals surface area contributed by atoms with Crippen LogP contribution in [0, 0.1) is 0 Å². The molecule has 1 unspecified atom stereocenters. The number of thiophene rings is 1. The second-order valence-electron chi connectivity index (χ2n) is 5.28. The van der Waals surface area contributed by atoms with E-state index in [1.54, 1.807) is 7.05 Å². The fourth-order valence-corrected chi connectivity index (χ4v) is 3.17. The summed E-state index contributed by atoms with van der Waals surface area (Å²) in [5.41, 5.74) is 0. The zero-order chi connectivity index (χ0) is 15.6. The Balaban J connectivity index is 0.00000264. The van der Waals surface area contributed by atoms with Crippen LogP contribution in [0.15, 0.2) is 17.1 Å². The Labute approximate surface area is 160 Å². The van der Waals surface area contributed by atoms with Crippen molar-refractivity contribution in [2.75, 3.05) is 33.4 Å². The minimum Gasteiger partial charge on any atom is -0.379 e. The van der Waals surface area contributed by atoms with E-state index < -0.39 is 0 Å². The van der Waals surface area contributed by atoms with Gasteiger partial charge >= 0.3 is 0 Å². The van der Waals surface area contributed by atoms with Crippen molar-refractivity contribution in [3.05, 3.63) is 21.9 Å². The van der Waals surface area contributed by atoms with Gasteiger partial charge in [0.1, 0.15) is 0 Å². The van der Waals surface area contributed by atoms with Crippen LogP contribution in [0.25, 0.3) is 0 Å². The van der Waals surface area contributed by atoms with E-state index in [1.165, 1.54) is 9.75 Å². The van der Waals surface area contributed by atoms with Crippen molar-refractivity contribution < 1.29 is 9.47 Å². The fourth-order valence-electron chi connectivity index (χ4n) is 2.27. The van der Waals surface area contributed by atoms with Gasteiger partial charge in [0.05, 0.1) is 19.3 Å². The third-order valence-electron chi connectivity index (χ3n) is 3.57. The maximum Gasteiger partial charge on any atom is 0.191 e. The minimum atomic E-state index is 0. The smallest absolute Gasteiger partial charge is 0.191 e. The minimum absolute atomic E-state index is 0. The van der Waals surface area contributed by atoms with Crippen LogP contribution in [0.3, 0.4) is 0 Å². The number of nitrogens with zero attached hydrogens (tertiary/aromatic N) is 1. The third-order valence-corrected chi connectivity index (χ3v) is 4.80. The Hall–Kier alpha value is -0.380. The lowest BCUT2D eigenvalue weighted by atomic mass is 10.3. The van der Waals surface area contributed by atoms with Crippen molar-refractivity contribution in [3.8, 4) is 0 Å². The first-order valence-electron chi connectivity index (χ1n) is 8.03. The summed E-state index contributed by atoms with van der Waals surface area (Å²) in [4.78, 5) is 7.00. The molecular weight excluding hydrogens is 425 g/mol. The molecule has 1 aromatic heterocycles. The van der Waals surface area contributed by atoms with E-state index in [0.29, 0.717) is 6.10 Å². The summed E-state index contributed by atoms with van der Waals surface area (Å²) in [6.45, 7) is 6.21. The third kappa shape index (κ3) is 7.82. The molecule has 0 radical (unpaired) electrons. The summed E-state index contributed by atoms with van der Waals surface area (Å²) in [5, 5.41) is 6.66. The maximum atomic E-state index is 5.74. The monoisotopic (exact) mass is 453 g/mol. The van der Waals surface area contributed by atoms with E-state index in [2.05, 4.69) is 34.7 Å². The van der Waals surface area contributed by atoms with Gasteiger partial charge in [-0.05, 0) is 31.4 Å². The first-order valence-corrected chi connectivity index (χ1v) is 8.85. The van der Waals surface area contributed by atoms with Crippen LogP contribution < -0.4 is 10.6 Å². The summed E-state index contributed by atoms with van der Waals surface area (Å²) in [6.07, 6.45) is 3.39. The molecule has 0 saturated carbocycles. The van der Waals surface area contributed by atoms with E-state index in [1.807, 2.05) is 11.3 Å². The molecule has 23 heavy (non-hydrogen) atoms. The topological polar surface area (TPSA) is 54.9 Å². The standard InChI is InChI=1S/C16H27N3O2S.HI/c1-3-14-5-6-15(22-14)11-19-16(17-2)18-8-4-9-21-13-7-10-20-12-13;/h5-6,13H,3-4,7-12H2,1-2H3,(H2,17,18,19);1H. The molecule has 2 N–H and O–H groups in total. The molecule has 7 heteroatoms. The van der Waals surface area contributed by atoms with Crippen LogP contribution in [0.4, 0.5) is 0 Å². The Kier molecular flexibility index (Phi) is 10.8. The van der Waals surface area contributed by atoms with E-state index in [9.17, 15) is 0 Å².